The fourth-order valence-electron chi connectivity index (χ4n) is 9.91. The van der Waals surface area contributed by atoms with E-state index in [0.29, 0.717) is 32.4 Å². The van der Waals surface area contributed by atoms with E-state index in [4.69, 9.17) is 18.9 Å². The number of Topliss-reactive ketones (excluding diaryl/α,β-unsaturated/α-hetero) is 2. The molecule has 0 saturated carbocycles. The van der Waals surface area contributed by atoms with E-state index in [9.17, 15) is 24.3 Å². The number of esters is 1. The molecular formula is C44H67FN6O9. The molecule has 0 spiro atoms. The number of nitrogens with zero attached hydrogens (tertiary/aromatic N) is 6. The highest BCUT2D eigenvalue weighted by atomic mass is 19.1. The monoisotopic (exact) mass is 842 g/mol. The molecule has 334 valence electrons. The Balaban J connectivity index is 1.48. The van der Waals surface area contributed by atoms with Gasteiger partial charge in [-0.25, -0.2) is 19.0 Å². The summed E-state index contributed by atoms with van der Waals surface area (Å²) in [5, 5.41) is 11.4. The van der Waals surface area contributed by atoms with Crippen LogP contribution in [0.3, 0.4) is 0 Å². The quantitative estimate of drug-likeness (QED) is 0.184. The number of methoxy groups -OCH3 is 1. The standard InChI is InChI=1S/C44H67FN6O9/c1-13-33-44(8)36(51(41(56)49(44)11)20-15-14-19-50-24-31(47-25-50)30-17-16-18-46-23-30)28(4)34(52)26(2)22-42(6,57-12)38(29(5)37(54)43(7,45)40(55)59-33)60-39-35(53)32(48(9)10)21-27(3)58-39/h16-18,23-29,32-33,35-36,38-39,53H,13-15,19-22H2,1-12H3/t26-,27-,28+,29+,32?,33-,35?,36?,38?,39?,42?,43?,44?/m1/s1. The molecule has 8 unspecified atom stereocenters. The van der Waals surface area contributed by atoms with E-state index in [0.717, 1.165) is 18.2 Å². The second kappa shape index (κ2) is 18.6. The van der Waals surface area contributed by atoms with E-state index in [1.807, 2.05) is 48.8 Å². The Hall–Kier alpha value is -3.83. The number of pyridine rings is 1. The number of alkyl halides is 1. The molecule has 0 aromatic carbocycles. The van der Waals surface area contributed by atoms with Gasteiger partial charge in [-0.1, -0.05) is 27.7 Å². The predicted octanol–water partition coefficient (Wildman–Crippen LogP) is 4.94. The summed E-state index contributed by atoms with van der Waals surface area (Å²) in [7, 11) is 6.69. The highest BCUT2D eigenvalue weighted by Gasteiger charge is 2.62. The van der Waals surface area contributed by atoms with Crippen molar-refractivity contribution in [1.82, 2.24) is 29.2 Å². The van der Waals surface area contributed by atoms with Crippen LogP contribution in [0, 0.1) is 17.8 Å². The van der Waals surface area contributed by atoms with E-state index in [2.05, 4.69) is 9.97 Å². The maximum Gasteiger partial charge on any atom is 0.351 e. The van der Waals surface area contributed by atoms with Crippen molar-refractivity contribution in [2.45, 2.75) is 154 Å². The van der Waals surface area contributed by atoms with Crippen LogP contribution in [0.5, 0.6) is 0 Å². The first-order valence-electron chi connectivity index (χ1n) is 21.3. The molecule has 3 aliphatic heterocycles. The molecule has 5 heterocycles. The van der Waals surface area contributed by atoms with Crippen molar-refractivity contribution in [2.75, 3.05) is 34.8 Å². The molecule has 2 aromatic rings. The first-order chi connectivity index (χ1) is 28.1. The number of aromatic nitrogens is 3. The van der Waals surface area contributed by atoms with Gasteiger partial charge >= 0.3 is 12.0 Å². The van der Waals surface area contributed by atoms with Gasteiger partial charge < -0.3 is 43.3 Å². The number of carbonyl (C=O) groups excluding carboxylic acids is 4. The number of aliphatic hydroxyl groups excluding tert-OH is 1. The van der Waals surface area contributed by atoms with Crippen molar-refractivity contribution in [1.29, 1.82) is 0 Å². The second-order valence-corrected chi connectivity index (χ2v) is 18.1. The third kappa shape index (κ3) is 9.04. The largest absolute Gasteiger partial charge is 0.457 e. The molecular weight excluding hydrogens is 776 g/mol. The van der Waals surface area contributed by atoms with Crippen molar-refractivity contribution in [3.05, 3.63) is 37.1 Å². The Morgan fingerprint density at radius 3 is 2.35 bits per heavy atom. The van der Waals surface area contributed by atoms with Gasteiger partial charge in [0.25, 0.3) is 5.67 Å². The maximum atomic E-state index is 17.0. The Morgan fingerprint density at radius 2 is 1.73 bits per heavy atom. The molecule has 0 bridgehead atoms. The number of aryl methyl sites for hydroxylation is 1. The number of unbranched alkanes of at least 4 members (excludes halogenated alkanes) is 1. The molecule has 3 aliphatic rings. The SMILES string of the molecule is CC[C@H]1OC(=O)C(C)(F)C(=O)[C@H](C)C(OC2O[C@H](C)CC(N(C)C)C2O)C(C)(OC)C[C@@H](C)C(=O)[C@H](C)C2N(CCCCn3cnc(-c4cccnc4)c3)C(=O)N(C)C21C. The number of ketones is 2. The summed E-state index contributed by atoms with van der Waals surface area (Å²) < 4.78 is 43.7. The van der Waals surface area contributed by atoms with E-state index in [-0.39, 0.29) is 36.8 Å². The zero-order valence-electron chi connectivity index (χ0n) is 37.5. The summed E-state index contributed by atoms with van der Waals surface area (Å²) in [6.07, 6.45) is 4.01. The number of hydrogen-bond acceptors (Lipinski definition) is 12. The van der Waals surface area contributed by atoms with Crippen LogP contribution in [0.15, 0.2) is 37.1 Å². The number of likely N-dealkylation sites (N-methyl/N-ethyl adjacent to an activating group) is 2. The van der Waals surface area contributed by atoms with Crippen LogP contribution >= 0.6 is 0 Å². The molecule has 3 fully saturated rings. The molecule has 1 N–H and O–H groups in total. The minimum absolute atomic E-state index is 0.0221. The number of rotatable bonds is 11. The first kappa shape index (κ1) is 47.2. The average Bonchev–Trinajstić information content (AvgIpc) is 3.77. The second-order valence-electron chi connectivity index (χ2n) is 18.1. The highest BCUT2D eigenvalue weighted by molar-refractivity contribution is 6.08. The summed E-state index contributed by atoms with van der Waals surface area (Å²) in [6.45, 7) is 13.9. The van der Waals surface area contributed by atoms with Crippen LogP contribution in [0.25, 0.3) is 11.3 Å². The van der Waals surface area contributed by atoms with Gasteiger partial charge in [0.15, 0.2) is 12.1 Å². The number of hydrogen-bond donors (Lipinski definition) is 1. The Morgan fingerprint density at radius 1 is 1.05 bits per heavy atom. The number of fused-ring (bicyclic) bond motifs is 1. The van der Waals surface area contributed by atoms with E-state index in [1.54, 1.807) is 65.3 Å². The summed E-state index contributed by atoms with van der Waals surface area (Å²) in [6, 6.07) is 2.29. The van der Waals surface area contributed by atoms with Gasteiger partial charge in [-0.15, -0.1) is 0 Å². The molecule has 60 heavy (non-hydrogen) atoms. The van der Waals surface area contributed by atoms with Gasteiger partial charge in [0, 0.05) is 75.2 Å². The van der Waals surface area contributed by atoms with Crippen LogP contribution in [-0.4, -0.2) is 152 Å². The molecule has 2 aromatic heterocycles. The number of urea groups is 1. The lowest BCUT2D eigenvalue weighted by Gasteiger charge is -2.48. The fourth-order valence-corrected chi connectivity index (χ4v) is 9.91. The summed E-state index contributed by atoms with van der Waals surface area (Å²) in [5.74, 6) is -5.54. The molecule has 13 atom stereocenters. The zero-order chi connectivity index (χ0) is 44.5. The predicted molar refractivity (Wildman–Crippen MR) is 221 cm³/mol. The lowest BCUT2D eigenvalue weighted by molar-refractivity contribution is -0.295. The third-order valence-electron chi connectivity index (χ3n) is 13.6. The number of imidazole rings is 1. The van der Waals surface area contributed by atoms with Crippen molar-refractivity contribution in [2.24, 2.45) is 17.8 Å². The first-order valence-corrected chi connectivity index (χ1v) is 21.3. The van der Waals surface area contributed by atoms with Gasteiger partial charge in [0.05, 0.1) is 41.4 Å². The van der Waals surface area contributed by atoms with Gasteiger partial charge in [0.2, 0.25) is 0 Å². The van der Waals surface area contributed by atoms with Gasteiger partial charge in [-0.3, -0.25) is 14.6 Å². The third-order valence-corrected chi connectivity index (χ3v) is 13.6. The summed E-state index contributed by atoms with van der Waals surface area (Å²) in [5.41, 5.74) is -4.18. The van der Waals surface area contributed by atoms with Crippen molar-refractivity contribution in [3.8, 4) is 11.3 Å². The number of aliphatic hydroxyl groups is 1. The van der Waals surface area contributed by atoms with Crippen LogP contribution in [0.2, 0.25) is 0 Å². The van der Waals surface area contributed by atoms with Gasteiger partial charge in [0.1, 0.15) is 18.0 Å². The molecule has 0 aliphatic carbocycles. The van der Waals surface area contributed by atoms with Gasteiger partial charge in [-0.05, 0) is 86.0 Å². The highest BCUT2D eigenvalue weighted by Crippen LogP contribution is 2.44. The number of amides is 2. The van der Waals surface area contributed by atoms with Crippen LogP contribution in [-0.2, 0) is 39.9 Å². The number of carbonyl (C=O) groups is 4. The normalized spacial score (nSPS) is 37.3. The van der Waals surface area contributed by atoms with Crippen molar-refractivity contribution < 1.29 is 47.6 Å². The Kier molecular flexibility index (Phi) is 14.7. The zero-order valence-corrected chi connectivity index (χ0v) is 37.5. The van der Waals surface area contributed by atoms with Gasteiger partial charge in [-0.2, -0.15) is 0 Å². The Labute approximate surface area is 354 Å². The topological polar surface area (TPSA) is 166 Å². The maximum absolute atomic E-state index is 17.0. The van der Waals surface area contributed by atoms with Crippen LogP contribution in [0.1, 0.15) is 87.5 Å². The average molecular weight is 843 g/mol. The van der Waals surface area contributed by atoms with E-state index in [1.165, 1.54) is 18.9 Å². The lowest BCUT2D eigenvalue weighted by atomic mass is 9.72. The lowest BCUT2D eigenvalue weighted by Crippen LogP contribution is -2.63. The minimum Gasteiger partial charge on any atom is -0.457 e. The Bertz CT molecular complexity index is 1830. The summed E-state index contributed by atoms with van der Waals surface area (Å²) >= 11 is 0. The smallest absolute Gasteiger partial charge is 0.351 e. The number of cyclic esters (lactones) is 1. The van der Waals surface area contributed by atoms with E-state index >= 15 is 4.39 Å². The van der Waals surface area contributed by atoms with Crippen molar-refractivity contribution >= 4 is 23.6 Å². The number of halogens is 1. The fraction of sp³-hybridized carbons (Fsp3) is 0.727. The molecule has 0 radical (unpaired) electrons. The van der Waals surface area contributed by atoms with Crippen LogP contribution < -0.4 is 0 Å². The minimum atomic E-state index is -3.15. The van der Waals surface area contributed by atoms with Crippen molar-refractivity contribution in [3.63, 3.8) is 0 Å². The van der Waals surface area contributed by atoms with Crippen LogP contribution in [0.4, 0.5) is 9.18 Å². The van der Waals surface area contributed by atoms with E-state index < -0.39 is 77.0 Å². The molecule has 16 heteroatoms. The molecule has 15 nitrogen and oxygen atoms in total. The molecule has 3 saturated heterocycles. The summed E-state index contributed by atoms with van der Waals surface area (Å²) in [4.78, 5) is 71.3. The number of ether oxygens (including phenoxy) is 4. The molecule has 5 rings (SSSR count). The molecule has 2 amide bonds.